The lowest BCUT2D eigenvalue weighted by Gasteiger charge is -2.12. The van der Waals surface area contributed by atoms with Crippen LogP contribution in [0.4, 0.5) is 11.6 Å². The molecule has 0 saturated carbocycles. The molecule has 3 aromatic rings. The summed E-state index contributed by atoms with van der Waals surface area (Å²) in [6, 6.07) is 17.7. The molecule has 3 rings (SSSR count). The molecule has 5 N–H and O–H groups in total. The quantitative estimate of drug-likeness (QED) is 0.236. The number of hydrogen-bond donors (Lipinski definition) is 5. The van der Waals surface area contributed by atoms with Gasteiger partial charge in [0, 0.05) is 55.3 Å². The molecule has 1 aromatic heterocycles. The van der Waals surface area contributed by atoms with E-state index in [4.69, 9.17) is 11.6 Å². The first-order chi connectivity index (χ1) is 17.4. The van der Waals surface area contributed by atoms with E-state index in [0.29, 0.717) is 54.2 Å². The normalized spacial score (nSPS) is 10.3. The lowest BCUT2D eigenvalue weighted by molar-refractivity contribution is -0.120. The SMILES string of the molecule is CC(=O)NCCNc1cc(NCCNC(=O)CNC(=O)c2ccc(Cl)cc2)nc(-c2ccccc2)n1. The molecule has 0 radical (unpaired) electrons. The van der Waals surface area contributed by atoms with E-state index in [9.17, 15) is 14.4 Å². The van der Waals surface area contributed by atoms with Crippen LogP contribution < -0.4 is 26.6 Å². The van der Waals surface area contributed by atoms with Gasteiger partial charge in [-0.25, -0.2) is 9.97 Å². The van der Waals surface area contributed by atoms with E-state index >= 15 is 0 Å². The van der Waals surface area contributed by atoms with Gasteiger partial charge in [0.25, 0.3) is 5.91 Å². The van der Waals surface area contributed by atoms with Crippen LogP contribution in [0.3, 0.4) is 0 Å². The highest BCUT2D eigenvalue weighted by Gasteiger charge is 2.09. The van der Waals surface area contributed by atoms with Crippen molar-refractivity contribution in [2.45, 2.75) is 6.92 Å². The number of benzene rings is 2. The summed E-state index contributed by atoms with van der Waals surface area (Å²) in [6.45, 7) is 3.02. The fourth-order valence-electron chi connectivity index (χ4n) is 3.09. The van der Waals surface area contributed by atoms with Crippen molar-refractivity contribution in [1.82, 2.24) is 25.9 Å². The summed E-state index contributed by atoms with van der Waals surface area (Å²) in [5.74, 6) is 0.955. The second-order valence-electron chi connectivity index (χ2n) is 7.70. The minimum atomic E-state index is -0.354. The highest BCUT2D eigenvalue weighted by Crippen LogP contribution is 2.20. The van der Waals surface area contributed by atoms with Crippen molar-refractivity contribution < 1.29 is 14.4 Å². The number of nitrogens with one attached hydrogen (secondary N) is 5. The maximum atomic E-state index is 12.1. The van der Waals surface area contributed by atoms with Gasteiger partial charge in [0.2, 0.25) is 11.8 Å². The molecule has 0 aliphatic rings. The van der Waals surface area contributed by atoms with Gasteiger partial charge in [0.1, 0.15) is 11.6 Å². The second-order valence-corrected chi connectivity index (χ2v) is 8.14. The smallest absolute Gasteiger partial charge is 0.251 e. The number of amides is 3. The van der Waals surface area contributed by atoms with E-state index in [0.717, 1.165) is 5.56 Å². The summed E-state index contributed by atoms with van der Waals surface area (Å²) in [5.41, 5.74) is 1.28. The van der Waals surface area contributed by atoms with Crippen LogP contribution >= 0.6 is 11.6 Å². The van der Waals surface area contributed by atoms with Crippen molar-refractivity contribution in [3.8, 4) is 11.4 Å². The molecule has 0 atom stereocenters. The predicted molar refractivity (Wildman–Crippen MR) is 140 cm³/mol. The van der Waals surface area contributed by atoms with Crippen molar-refractivity contribution in [1.29, 1.82) is 0 Å². The van der Waals surface area contributed by atoms with Crippen LogP contribution in [0.2, 0.25) is 5.02 Å². The van der Waals surface area contributed by atoms with Crippen LogP contribution in [0.1, 0.15) is 17.3 Å². The largest absolute Gasteiger partial charge is 0.368 e. The average Bonchev–Trinajstić information content (AvgIpc) is 2.88. The third kappa shape index (κ3) is 8.88. The zero-order valence-electron chi connectivity index (χ0n) is 19.8. The van der Waals surface area contributed by atoms with E-state index in [-0.39, 0.29) is 24.3 Å². The van der Waals surface area contributed by atoms with Crippen molar-refractivity contribution in [2.75, 3.05) is 43.4 Å². The molecule has 0 spiro atoms. The number of aromatic nitrogens is 2. The lowest BCUT2D eigenvalue weighted by Crippen LogP contribution is -2.38. The average molecular weight is 510 g/mol. The number of anilines is 2. The monoisotopic (exact) mass is 509 g/mol. The Kier molecular flexibility index (Phi) is 10.0. The van der Waals surface area contributed by atoms with Gasteiger partial charge in [-0.05, 0) is 24.3 Å². The summed E-state index contributed by atoms with van der Waals surface area (Å²) in [5, 5.41) is 14.9. The molecule has 3 amide bonds. The molecule has 0 unspecified atom stereocenters. The molecule has 2 aromatic carbocycles. The molecule has 11 heteroatoms. The van der Waals surface area contributed by atoms with Gasteiger partial charge in [0.15, 0.2) is 5.82 Å². The van der Waals surface area contributed by atoms with E-state index in [2.05, 4.69) is 36.6 Å². The summed E-state index contributed by atoms with van der Waals surface area (Å²) in [4.78, 5) is 44.4. The van der Waals surface area contributed by atoms with Crippen LogP contribution in [0.15, 0.2) is 60.7 Å². The zero-order chi connectivity index (χ0) is 25.8. The highest BCUT2D eigenvalue weighted by molar-refractivity contribution is 6.30. The van der Waals surface area contributed by atoms with E-state index in [1.54, 1.807) is 30.3 Å². The van der Waals surface area contributed by atoms with Crippen LogP contribution in [-0.2, 0) is 9.59 Å². The number of carbonyl (C=O) groups is 3. The fourth-order valence-corrected chi connectivity index (χ4v) is 3.22. The molecule has 10 nitrogen and oxygen atoms in total. The van der Waals surface area contributed by atoms with Crippen LogP contribution in [0.5, 0.6) is 0 Å². The summed E-state index contributed by atoms with van der Waals surface area (Å²) < 4.78 is 0. The molecule has 188 valence electrons. The highest BCUT2D eigenvalue weighted by atomic mass is 35.5. The summed E-state index contributed by atoms with van der Waals surface area (Å²) >= 11 is 5.82. The Bertz CT molecular complexity index is 1170. The van der Waals surface area contributed by atoms with Crippen molar-refractivity contribution in [2.24, 2.45) is 0 Å². The number of carbonyl (C=O) groups excluding carboxylic acids is 3. The number of halogens is 1. The van der Waals surface area contributed by atoms with Gasteiger partial charge >= 0.3 is 0 Å². The van der Waals surface area contributed by atoms with Gasteiger partial charge in [-0.15, -0.1) is 0 Å². The molecule has 0 saturated heterocycles. The first-order valence-corrected chi connectivity index (χ1v) is 11.8. The molecule has 0 aliphatic heterocycles. The topological polar surface area (TPSA) is 137 Å². The Morgan fingerprint density at radius 2 is 1.39 bits per heavy atom. The van der Waals surface area contributed by atoms with Gasteiger partial charge < -0.3 is 26.6 Å². The first kappa shape index (κ1) is 26.4. The maximum Gasteiger partial charge on any atom is 0.251 e. The lowest BCUT2D eigenvalue weighted by atomic mass is 10.2. The predicted octanol–water partition coefficient (Wildman–Crippen LogP) is 2.30. The van der Waals surface area contributed by atoms with Crippen LogP contribution in [0.25, 0.3) is 11.4 Å². The Labute approximate surface area is 214 Å². The third-order valence-electron chi connectivity index (χ3n) is 4.83. The zero-order valence-corrected chi connectivity index (χ0v) is 20.6. The molecular weight excluding hydrogens is 482 g/mol. The van der Waals surface area contributed by atoms with Gasteiger partial charge in [-0.2, -0.15) is 0 Å². The Morgan fingerprint density at radius 1 is 0.778 bits per heavy atom. The standard InChI is InChI=1S/C25H28ClN7O3/c1-17(34)27-11-12-28-21-15-22(33-24(32-21)18-5-3-2-4-6-18)29-13-14-30-23(35)16-31-25(36)19-7-9-20(26)10-8-19/h2-10,15H,11-14,16H2,1H3,(H,27,34)(H,30,35)(H,31,36)(H2,28,29,32,33). The number of hydrogen-bond acceptors (Lipinski definition) is 7. The Hall–Kier alpha value is -4.18. The van der Waals surface area contributed by atoms with E-state index in [1.807, 2.05) is 30.3 Å². The molecule has 1 heterocycles. The van der Waals surface area contributed by atoms with Crippen molar-refractivity contribution in [3.05, 3.63) is 71.2 Å². The number of rotatable bonds is 12. The fraction of sp³-hybridized carbons (Fsp3) is 0.240. The molecule has 0 aliphatic carbocycles. The van der Waals surface area contributed by atoms with E-state index in [1.165, 1.54) is 6.92 Å². The molecular formula is C25H28ClN7O3. The van der Waals surface area contributed by atoms with Gasteiger partial charge in [-0.3, -0.25) is 14.4 Å². The second kappa shape index (κ2) is 13.6. The minimum absolute atomic E-state index is 0.0987. The first-order valence-electron chi connectivity index (χ1n) is 11.4. The van der Waals surface area contributed by atoms with Crippen molar-refractivity contribution >= 4 is 41.0 Å². The van der Waals surface area contributed by atoms with Gasteiger partial charge in [0.05, 0.1) is 6.54 Å². The maximum absolute atomic E-state index is 12.1. The van der Waals surface area contributed by atoms with Crippen molar-refractivity contribution in [3.63, 3.8) is 0 Å². The van der Waals surface area contributed by atoms with E-state index < -0.39 is 0 Å². The Morgan fingerprint density at radius 3 is 2.00 bits per heavy atom. The summed E-state index contributed by atoms with van der Waals surface area (Å²) in [7, 11) is 0. The molecule has 0 bridgehead atoms. The summed E-state index contributed by atoms with van der Waals surface area (Å²) in [6.07, 6.45) is 0. The number of nitrogens with zero attached hydrogens (tertiary/aromatic N) is 2. The van der Waals surface area contributed by atoms with Gasteiger partial charge in [-0.1, -0.05) is 41.9 Å². The minimum Gasteiger partial charge on any atom is -0.368 e. The molecule has 36 heavy (non-hydrogen) atoms. The Balaban J connectivity index is 1.49. The van der Waals surface area contributed by atoms with Crippen LogP contribution in [0, 0.1) is 0 Å². The van der Waals surface area contributed by atoms with Crippen LogP contribution in [-0.4, -0.2) is 60.4 Å². The molecule has 0 fully saturated rings. The third-order valence-corrected chi connectivity index (χ3v) is 5.08.